The molecule has 0 bridgehead atoms. The summed E-state index contributed by atoms with van der Waals surface area (Å²) in [5.74, 6) is -0.305. The number of carbonyl (C=O) groups excluding carboxylic acids is 2. The molecule has 0 fully saturated rings. The van der Waals surface area contributed by atoms with Gasteiger partial charge in [-0.15, -0.1) is 0 Å². The summed E-state index contributed by atoms with van der Waals surface area (Å²) in [4.78, 5) is 24.3. The van der Waals surface area contributed by atoms with E-state index in [-0.39, 0.29) is 11.8 Å². The second-order valence-corrected chi connectivity index (χ2v) is 3.81. The van der Waals surface area contributed by atoms with E-state index in [1.54, 1.807) is 11.7 Å². The van der Waals surface area contributed by atoms with Crippen molar-refractivity contribution in [1.82, 2.24) is 9.78 Å². The van der Waals surface area contributed by atoms with Gasteiger partial charge in [-0.3, -0.25) is 14.3 Å². The summed E-state index contributed by atoms with van der Waals surface area (Å²) in [5.41, 5.74) is 0.884. The molecule has 0 N–H and O–H groups in total. The van der Waals surface area contributed by atoms with Gasteiger partial charge in [-0.1, -0.05) is 12.1 Å². The number of nitrogens with zero attached hydrogens (tertiary/aromatic N) is 3. The topological polar surface area (TPSA) is 55.2 Å². The average Bonchev–Trinajstić information content (AvgIpc) is 2.82. The van der Waals surface area contributed by atoms with Crippen molar-refractivity contribution in [2.75, 3.05) is 4.90 Å². The number of aryl methyl sites for hydroxylation is 1. The summed E-state index contributed by atoms with van der Waals surface area (Å²) in [6.45, 7) is 0. The fourth-order valence-corrected chi connectivity index (χ4v) is 1.97. The van der Waals surface area contributed by atoms with Crippen molar-refractivity contribution in [2.24, 2.45) is 7.05 Å². The summed E-state index contributed by atoms with van der Waals surface area (Å²) in [6, 6.07) is 7.48. The summed E-state index contributed by atoms with van der Waals surface area (Å²) >= 11 is 0. The molecule has 0 saturated heterocycles. The minimum absolute atomic E-state index is 0.348. The SMILES string of the molecule is Cn1nc(N2C(=O)C=CC2=O)c2ccccc21. The number of amides is 2. The van der Waals surface area contributed by atoms with E-state index in [4.69, 9.17) is 0 Å². The molecule has 1 aromatic heterocycles. The number of benzene rings is 1. The molecule has 0 spiro atoms. The highest BCUT2D eigenvalue weighted by Gasteiger charge is 2.29. The second-order valence-electron chi connectivity index (χ2n) is 3.81. The van der Waals surface area contributed by atoms with E-state index >= 15 is 0 Å². The van der Waals surface area contributed by atoms with Gasteiger partial charge in [0.2, 0.25) is 0 Å². The van der Waals surface area contributed by atoms with Crippen LogP contribution >= 0.6 is 0 Å². The number of rotatable bonds is 1. The third-order valence-corrected chi connectivity index (χ3v) is 2.76. The number of para-hydroxylation sites is 1. The van der Waals surface area contributed by atoms with Crippen LogP contribution in [0.5, 0.6) is 0 Å². The lowest BCUT2D eigenvalue weighted by Gasteiger charge is -2.09. The Morgan fingerprint density at radius 3 is 2.41 bits per heavy atom. The molecular weight excluding hydrogens is 218 g/mol. The van der Waals surface area contributed by atoms with E-state index in [1.807, 2.05) is 24.3 Å². The number of hydrogen-bond donors (Lipinski definition) is 0. The quantitative estimate of drug-likeness (QED) is 0.683. The molecule has 0 atom stereocenters. The van der Waals surface area contributed by atoms with E-state index < -0.39 is 0 Å². The monoisotopic (exact) mass is 227 g/mol. The van der Waals surface area contributed by atoms with Gasteiger partial charge in [-0.25, -0.2) is 4.90 Å². The van der Waals surface area contributed by atoms with E-state index in [0.29, 0.717) is 5.82 Å². The third-order valence-electron chi connectivity index (χ3n) is 2.76. The number of carbonyl (C=O) groups is 2. The maximum atomic E-state index is 11.6. The Labute approximate surface area is 96.9 Å². The van der Waals surface area contributed by atoms with Crippen molar-refractivity contribution in [3.8, 4) is 0 Å². The van der Waals surface area contributed by atoms with Crippen LogP contribution in [0, 0.1) is 0 Å². The van der Waals surface area contributed by atoms with Gasteiger partial charge < -0.3 is 0 Å². The van der Waals surface area contributed by atoms with Crippen LogP contribution in [0.15, 0.2) is 36.4 Å². The van der Waals surface area contributed by atoms with E-state index in [0.717, 1.165) is 15.8 Å². The molecule has 1 aliphatic rings. The standard InChI is InChI=1S/C12H9N3O2/c1-14-9-5-3-2-4-8(9)12(13-14)15-10(16)6-7-11(15)17/h2-7H,1H3. The zero-order valence-electron chi connectivity index (χ0n) is 9.12. The third kappa shape index (κ3) is 1.29. The Kier molecular flexibility index (Phi) is 1.89. The van der Waals surface area contributed by atoms with Crippen LogP contribution in [0.25, 0.3) is 10.9 Å². The second kappa shape index (κ2) is 3.28. The van der Waals surface area contributed by atoms with Crippen molar-refractivity contribution >= 4 is 28.5 Å². The first kappa shape index (κ1) is 9.77. The number of fused-ring (bicyclic) bond motifs is 1. The van der Waals surface area contributed by atoms with Crippen LogP contribution < -0.4 is 4.90 Å². The molecule has 0 radical (unpaired) electrons. The lowest BCUT2D eigenvalue weighted by molar-refractivity contribution is -0.120. The Bertz CT molecular complexity index is 651. The number of anilines is 1. The molecule has 0 unspecified atom stereocenters. The highest BCUT2D eigenvalue weighted by atomic mass is 16.2. The van der Waals surface area contributed by atoms with E-state index in [9.17, 15) is 9.59 Å². The molecule has 2 aromatic rings. The smallest absolute Gasteiger partial charge is 0.259 e. The predicted octanol–water partition coefficient (Wildman–Crippen LogP) is 1.00. The van der Waals surface area contributed by atoms with Crippen LogP contribution in [0.4, 0.5) is 5.82 Å². The first-order chi connectivity index (χ1) is 8.18. The molecule has 1 aliphatic heterocycles. The highest BCUT2D eigenvalue weighted by molar-refractivity contribution is 6.29. The normalized spacial score (nSPS) is 15.2. The molecular formula is C12H9N3O2. The first-order valence-corrected chi connectivity index (χ1v) is 5.16. The van der Waals surface area contributed by atoms with Crippen molar-refractivity contribution < 1.29 is 9.59 Å². The summed E-state index contributed by atoms with van der Waals surface area (Å²) in [5, 5.41) is 5.03. The molecule has 2 amide bonds. The molecule has 17 heavy (non-hydrogen) atoms. The van der Waals surface area contributed by atoms with Crippen LogP contribution in [0.3, 0.4) is 0 Å². The Morgan fingerprint density at radius 2 is 1.71 bits per heavy atom. The van der Waals surface area contributed by atoms with Gasteiger partial charge in [0.1, 0.15) is 0 Å². The summed E-state index contributed by atoms with van der Waals surface area (Å²) < 4.78 is 1.66. The maximum Gasteiger partial charge on any atom is 0.259 e. The molecule has 5 heteroatoms. The lowest BCUT2D eigenvalue weighted by atomic mass is 10.2. The van der Waals surface area contributed by atoms with Gasteiger partial charge in [0.15, 0.2) is 5.82 Å². The largest absolute Gasteiger partial charge is 0.269 e. The van der Waals surface area contributed by atoms with Gasteiger partial charge in [0.25, 0.3) is 11.8 Å². The van der Waals surface area contributed by atoms with Crippen molar-refractivity contribution in [2.45, 2.75) is 0 Å². The van der Waals surface area contributed by atoms with Crippen LogP contribution in [0.1, 0.15) is 0 Å². The summed E-state index contributed by atoms with van der Waals surface area (Å²) in [7, 11) is 1.78. The molecule has 2 heterocycles. The van der Waals surface area contributed by atoms with Gasteiger partial charge in [-0.05, 0) is 12.1 Å². The minimum atomic E-state index is -0.348. The lowest BCUT2D eigenvalue weighted by Crippen LogP contribution is -2.30. The van der Waals surface area contributed by atoms with Gasteiger partial charge in [0.05, 0.1) is 5.52 Å². The molecule has 5 nitrogen and oxygen atoms in total. The zero-order chi connectivity index (χ0) is 12.0. The fourth-order valence-electron chi connectivity index (χ4n) is 1.97. The Balaban J connectivity index is 2.25. The van der Waals surface area contributed by atoms with Crippen molar-refractivity contribution in [3.63, 3.8) is 0 Å². The average molecular weight is 227 g/mol. The number of hydrogen-bond acceptors (Lipinski definition) is 3. The maximum absolute atomic E-state index is 11.6. The number of imide groups is 1. The van der Waals surface area contributed by atoms with Crippen molar-refractivity contribution in [3.05, 3.63) is 36.4 Å². The Morgan fingerprint density at radius 1 is 1.06 bits per heavy atom. The first-order valence-electron chi connectivity index (χ1n) is 5.16. The van der Waals surface area contributed by atoms with Crippen LogP contribution in [0.2, 0.25) is 0 Å². The molecule has 84 valence electrons. The number of aromatic nitrogens is 2. The molecule has 0 saturated carbocycles. The zero-order valence-corrected chi connectivity index (χ0v) is 9.12. The molecule has 3 rings (SSSR count). The Hall–Kier alpha value is -2.43. The van der Waals surface area contributed by atoms with Gasteiger partial charge in [0, 0.05) is 24.6 Å². The summed E-state index contributed by atoms with van der Waals surface area (Å²) in [6.07, 6.45) is 2.51. The molecule has 1 aromatic carbocycles. The van der Waals surface area contributed by atoms with Gasteiger partial charge >= 0.3 is 0 Å². The predicted molar refractivity (Wildman–Crippen MR) is 62.3 cm³/mol. The van der Waals surface area contributed by atoms with Crippen molar-refractivity contribution in [1.29, 1.82) is 0 Å². The molecule has 0 aliphatic carbocycles. The van der Waals surface area contributed by atoms with E-state index in [1.165, 1.54) is 12.2 Å². The van der Waals surface area contributed by atoms with Gasteiger partial charge in [-0.2, -0.15) is 5.10 Å². The van der Waals surface area contributed by atoms with Crippen LogP contribution in [-0.2, 0) is 16.6 Å². The fraction of sp³-hybridized carbons (Fsp3) is 0.0833. The highest BCUT2D eigenvalue weighted by Crippen LogP contribution is 2.27. The van der Waals surface area contributed by atoms with E-state index in [2.05, 4.69) is 5.10 Å². The van der Waals surface area contributed by atoms with Crippen LogP contribution in [-0.4, -0.2) is 21.6 Å². The minimum Gasteiger partial charge on any atom is -0.269 e.